The number of allylic oxidation sites excluding steroid dienone is 2. The predicted molar refractivity (Wildman–Crippen MR) is 129 cm³/mol. The Hall–Kier alpha value is -1.10. The van der Waals surface area contributed by atoms with Gasteiger partial charge >= 0.3 is 0 Å². The second-order valence-electron chi connectivity index (χ2n) is 9.92. The first-order chi connectivity index (χ1) is 14.2. The molecule has 4 aliphatic rings. The van der Waals surface area contributed by atoms with Crippen molar-refractivity contribution in [3.8, 4) is 0 Å². The maximum Gasteiger partial charge on any atom is 0.226 e. The van der Waals surface area contributed by atoms with E-state index < -0.39 is 0 Å². The Balaban J connectivity index is 0.00000256. The van der Waals surface area contributed by atoms with Gasteiger partial charge in [-0.3, -0.25) is 4.79 Å². The van der Waals surface area contributed by atoms with Gasteiger partial charge in [0.1, 0.15) is 0 Å². The summed E-state index contributed by atoms with van der Waals surface area (Å²) in [6.07, 6.45) is 20.4. The number of carbonyl (C=O) groups excluding carboxylic acids is 1. The van der Waals surface area contributed by atoms with Crippen LogP contribution in [0.1, 0.15) is 104 Å². The van der Waals surface area contributed by atoms with E-state index in [1.54, 1.807) is 0 Å². The van der Waals surface area contributed by atoms with Gasteiger partial charge in [0.15, 0.2) is 5.11 Å². The normalized spacial score (nSPS) is 30.4. The fourth-order valence-electron chi connectivity index (χ4n) is 6.33. The Morgan fingerprint density at radius 3 is 2.67 bits per heavy atom. The van der Waals surface area contributed by atoms with Crippen LogP contribution in [0.15, 0.2) is 11.8 Å². The first-order valence-electron chi connectivity index (χ1n) is 12.2. The molecule has 4 rings (SSSR count). The average molecular weight is 434 g/mol. The van der Waals surface area contributed by atoms with Crippen LogP contribution in [0.3, 0.4) is 0 Å². The zero-order chi connectivity index (χ0) is 20.1. The van der Waals surface area contributed by atoms with Crippen LogP contribution in [-0.2, 0) is 4.79 Å². The van der Waals surface area contributed by atoms with Gasteiger partial charge in [0, 0.05) is 30.7 Å². The Bertz CT molecular complexity index is 622. The number of rotatable bonds is 6. The van der Waals surface area contributed by atoms with Gasteiger partial charge in [0.2, 0.25) is 5.91 Å². The van der Waals surface area contributed by atoms with E-state index in [0.717, 1.165) is 49.8 Å². The summed E-state index contributed by atoms with van der Waals surface area (Å²) in [6.45, 7) is 1.79. The molecule has 2 saturated carbocycles. The lowest BCUT2D eigenvalue weighted by Gasteiger charge is -2.46. The molecule has 3 aliphatic carbocycles. The van der Waals surface area contributed by atoms with Crippen LogP contribution in [0.25, 0.3) is 0 Å². The highest BCUT2D eigenvalue weighted by Gasteiger charge is 2.39. The lowest BCUT2D eigenvalue weighted by Crippen LogP contribution is -2.55. The summed E-state index contributed by atoms with van der Waals surface area (Å²) in [5.41, 5.74) is 1.60. The molecule has 4 nitrogen and oxygen atoms in total. The molecule has 1 atom stereocenters. The average Bonchev–Trinajstić information content (AvgIpc) is 2.72. The second-order valence-corrected chi connectivity index (χ2v) is 10.3. The number of nitrogens with one attached hydrogen (secondary N) is 2. The van der Waals surface area contributed by atoms with Crippen molar-refractivity contribution in [2.75, 3.05) is 13.1 Å². The minimum absolute atomic E-state index is 0. The van der Waals surface area contributed by atoms with Crippen LogP contribution >= 0.6 is 12.2 Å². The molecule has 5 heteroatoms. The molecular weight excluding hydrogens is 390 g/mol. The van der Waals surface area contributed by atoms with Gasteiger partial charge < -0.3 is 15.5 Å². The first-order valence-corrected chi connectivity index (χ1v) is 12.6. The summed E-state index contributed by atoms with van der Waals surface area (Å²) in [5, 5.41) is 7.92. The number of carbonyl (C=O) groups is 1. The molecule has 0 aromatic heterocycles. The Kier molecular flexibility index (Phi) is 8.62. The molecule has 0 aromatic carbocycles. The Morgan fingerprint density at radius 2 is 1.87 bits per heavy atom. The monoisotopic (exact) mass is 433 g/mol. The molecule has 0 aromatic rings. The molecule has 3 fully saturated rings. The fraction of sp³-hybridized carbons (Fsp3) is 0.840. The number of likely N-dealkylation sites (tertiary alicyclic amines) is 1. The van der Waals surface area contributed by atoms with E-state index >= 15 is 0 Å². The minimum Gasteiger partial charge on any atom is -0.363 e. The number of unbranched alkanes of at least 4 members (excludes halogenated alkanes) is 1. The number of hydrogen-bond donors (Lipinski definition) is 2. The lowest BCUT2D eigenvalue weighted by atomic mass is 9.67. The van der Waals surface area contributed by atoms with Crippen molar-refractivity contribution in [1.29, 1.82) is 0 Å². The van der Waals surface area contributed by atoms with Crippen molar-refractivity contribution in [3.63, 3.8) is 0 Å². The summed E-state index contributed by atoms with van der Waals surface area (Å²) in [4.78, 5) is 14.9. The maximum atomic E-state index is 12.8. The number of nitrogens with zero attached hydrogens (tertiary/aromatic N) is 1. The van der Waals surface area contributed by atoms with Crippen LogP contribution in [0, 0.1) is 11.8 Å². The van der Waals surface area contributed by atoms with Crippen molar-refractivity contribution in [2.45, 2.75) is 109 Å². The van der Waals surface area contributed by atoms with E-state index in [0.29, 0.717) is 18.2 Å². The number of amides is 1. The molecule has 2 N–H and O–H groups in total. The van der Waals surface area contributed by atoms with Crippen molar-refractivity contribution in [3.05, 3.63) is 11.8 Å². The van der Waals surface area contributed by atoms with Gasteiger partial charge in [-0.05, 0) is 88.3 Å². The van der Waals surface area contributed by atoms with E-state index in [1.165, 1.54) is 69.9 Å². The van der Waals surface area contributed by atoms with Gasteiger partial charge in [-0.1, -0.05) is 39.2 Å². The molecule has 1 saturated heterocycles. The largest absolute Gasteiger partial charge is 0.363 e. The molecule has 1 aliphatic heterocycles. The zero-order valence-corrected chi connectivity index (χ0v) is 18.8. The number of thiocarbonyl (C=S) groups is 1. The minimum atomic E-state index is 0. The molecule has 0 radical (unpaired) electrons. The van der Waals surface area contributed by atoms with E-state index in [-0.39, 0.29) is 13.0 Å². The summed E-state index contributed by atoms with van der Waals surface area (Å²) >= 11 is 5.60. The predicted octanol–water partition coefficient (Wildman–Crippen LogP) is 5.68. The van der Waals surface area contributed by atoms with E-state index in [1.807, 2.05) is 0 Å². The van der Waals surface area contributed by atoms with Crippen LogP contribution < -0.4 is 10.6 Å². The van der Waals surface area contributed by atoms with E-state index in [4.69, 9.17) is 12.2 Å². The quantitative estimate of drug-likeness (QED) is 0.418. The van der Waals surface area contributed by atoms with Gasteiger partial charge in [-0.15, -0.1) is 0 Å². The summed E-state index contributed by atoms with van der Waals surface area (Å²) in [6, 6.07) is 0. The van der Waals surface area contributed by atoms with Gasteiger partial charge in [0.05, 0.1) is 0 Å². The molecule has 0 spiro atoms. The van der Waals surface area contributed by atoms with Crippen LogP contribution in [0.5, 0.6) is 0 Å². The van der Waals surface area contributed by atoms with Crippen LogP contribution in [0.4, 0.5) is 0 Å². The summed E-state index contributed by atoms with van der Waals surface area (Å²) in [5.74, 6) is 1.88. The number of hydrogen-bond acceptors (Lipinski definition) is 2. The highest BCUT2D eigenvalue weighted by atomic mass is 32.1. The van der Waals surface area contributed by atoms with Crippen molar-refractivity contribution in [2.24, 2.45) is 11.8 Å². The Labute approximate surface area is 189 Å². The van der Waals surface area contributed by atoms with Gasteiger partial charge in [-0.2, -0.15) is 0 Å². The lowest BCUT2D eigenvalue weighted by molar-refractivity contribution is -0.130. The molecule has 2 bridgehead atoms. The first kappa shape index (κ1) is 23.6. The third-order valence-corrected chi connectivity index (χ3v) is 8.02. The highest BCUT2D eigenvalue weighted by molar-refractivity contribution is 7.80. The molecule has 30 heavy (non-hydrogen) atoms. The number of fused-ring (bicyclic) bond motifs is 3. The van der Waals surface area contributed by atoms with Crippen LogP contribution in [0.2, 0.25) is 0 Å². The zero-order valence-electron chi connectivity index (χ0n) is 18.0. The molecular formula is C25H43N3OS. The fourth-order valence-corrected chi connectivity index (χ4v) is 6.65. The smallest absolute Gasteiger partial charge is 0.226 e. The number of piperidine rings is 1. The SMILES string of the molecule is C.O=C(CCCCNC(=S)NC12CCCC(CCC1)C2)N1CCCC2CCCC=C21. The topological polar surface area (TPSA) is 44.4 Å². The van der Waals surface area contributed by atoms with E-state index in [2.05, 4.69) is 21.6 Å². The molecule has 1 amide bonds. The van der Waals surface area contributed by atoms with E-state index in [9.17, 15) is 4.79 Å². The third kappa shape index (κ3) is 5.77. The molecule has 1 unspecified atom stereocenters. The second kappa shape index (κ2) is 11.0. The van der Waals surface area contributed by atoms with Gasteiger partial charge in [-0.25, -0.2) is 0 Å². The van der Waals surface area contributed by atoms with Gasteiger partial charge in [0.25, 0.3) is 0 Å². The molecule has 170 valence electrons. The summed E-state index contributed by atoms with van der Waals surface area (Å²) in [7, 11) is 0. The third-order valence-electron chi connectivity index (χ3n) is 7.77. The maximum absolute atomic E-state index is 12.8. The van der Waals surface area contributed by atoms with Crippen molar-refractivity contribution >= 4 is 23.2 Å². The van der Waals surface area contributed by atoms with Crippen molar-refractivity contribution in [1.82, 2.24) is 15.5 Å². The van der Waals surface area contributed by atoms with Crippen LogP contribution in [-0.4, -0.2) is 34.5 Å². The standard InChI is InChI=1S/C24H39N3OS.CH4/c28-22(27-17-7-11-20-10-1-2-12-21(20)27)13-3-4-16-25-23(29)26-24-14-5-8-19(18-24)9-6-15-24;/h12,19-20H,1-11,13-18H2,(H2,25,26,29);1H4. The van der Waals surface area contributed by atoms with Crippen molar-refractivity contribution < 1.29 is 4.79 Å². The molecule has 1 heterocycles. The summed E-state index contributed by atoms with van der Waals surface area (Å²) < 4.78 is 0. The highest BCUT2D eigenvalue weighted by Crippen LogP contribution is 2.42. The Morgan fingerprint density at radius 1 is 1.10 bits per heavy atom.